The molecule has 5 nitrogen and oxygen atoms in total. The van der Waals surface area contributed by atoms with Crippen LogP contribution in [0.5, 0.6) is 11.5 Å². The van der Waals surface area contributed by atoms with Crippen LogP contribution in [0.3, 0.4) is 0 Å². The van der Waals surface area contributed by atoms with Crippen LogP contribution < -0.4 is 14.8 Å². The quantitative estimate of drug-likeness (QED) is 0.866. The molecule has 0 spiro atoms. The van der Waals surface area contributed by atoms with Gasteiger partial charge < -0.3 is 14.8 Å². The molecule has 0 fully saturated rings. The van der Waals surface area contributed by atoms with Crippen molar-refractivity contribution in [3.63, 3.8) is 0 Å². The summed E-state index contributed by atoms with van der Waals surface area (Å²) in [5.74, 6) is 0.972. The van der Waals surface area contributed by atoms with Crippen LogP contribution in [0.25, 0.3) is 0 Å². The van der Waals surface area contributed by atoms with Crippen molar-refractivity contribution in [2.75, 3.05) is 33.3 Å². The molecule has 0 aliphatic rings. The molecule has 1 rings (SSSR count). The van der Waals surface area contributed by atoms with Crippen molar-refractivity contribution >= 4 is 21.4 Å². The first-order chi connectivity index (χ1) is 8.82. The van der Waals surface area contributed by atoms with Gasteiger partial charge in [0.1, 0.15) is 9.84 Å². The van der Waals surface area contributed by atoms with E-state index in [0.717, 1.165) is 0 Å². The van der Waals surface area contributed by atoms with Gasteiger partial charge in [-0.1, -0.05) is 11.6 Å². The van der Waals surface area contributed by atoms with Crippen molar-refractivity contribution in [2.24, 2.45) is 0 Å². The molecule has 0 heterocycles. The second-order valence-electron chi connectivity index (χ2n) is 4.16. The molecule has 0 radical (unpaired) electrons. The lowest BCUT2D eigenvalue weighted by atomic mass is 10.1. The van der Waals surface area contributed by atoms with Crippen molar-refractivity contribution in [3.05, 3.63) is 22.7 Å². The fourth-order valence-electron chi connectivity index (χ4n) is 1.77. The van der Waals surface area contributed by atoms with Crippen molar-refractivity contribution in [2.45, 2.75) is 6.04 Å². The summed E-state index contributed by atoms with van der Waals surface area (Å²) in [5.41, 5.74) is 0.659. The van der Waals surface area contributed by atoms with Gasteiger partial charge in [0, 0.05) is 23.4 Å². The number of benzene rings is 1. The van der Waals surface area contributed by atoms with Crippen molar-refractivity contribution in [1.82, 2.24) is 5.32 Å². The number of hydrogen-bond donors (Lipinski definition) is 1. The second kappa shape index (κ2) is 6.45. The maximum Gasteiger partial charge on any atom is 0.162 e. The molecule has 7 heteroatoms. The van der Waals surface area contributed by atoms with Gasteiger partial charge in [-0.15, -0.1) is 0 Å². The average Bonchev–Trinajstić information content (AvgIpc) is 2.34. The lowest BCUT2D eigenvalue weighted by Gasteiger charge is -2.19. The van der Waals surface area contributed by atoms with Gasteiger partial charge in [0.2, 0.25) is 0 Å². The van der Waals surface area contributed by atoms with Crippen molar-refractivity contribution < 1.29 is 17.9 Å². The van der Waals surface area contributed by atoms with Gasteiger partial charge in [-0.05, 0) is 18.7 Å². The molecule has 1 aromatic carbocycles. The zero-order valence-corrected chi connectivity index (χ0v) is 12.9. The summed E-state index contributed by atoms with van der Waals surface area (Å²) in [7, 11) is 1.58. The van der Waals surface area contributed by atoms with Gasteiger partial charge in [0.15, 0.2) is 11.5 Å². The summed E-state index contributed by atoms with van der Waals surface area (Å²) in [4.78, 5) is 0. The van der Waals surface area contributed by atoms with E-state index in [1.165, 1.54) is 20.5 Å². The third kappa shape index (κ3) is 4.26. The van der Waals surface area contributed by atoms with E-state index in [1.54, 1.807) is 19.2 Å². The van der Waals surface area contributed by atoms with Gasteiger partial charge in [-0.25, -0.2) is 8.42 Å². The molecule has 0 amide bonds. The minimum absolute atomic E-state index is 0.0430. The fraction of sp³-hybridized carbons (Fsp3) is 0.500. The molecule has 0 bridgehead atoms. The van der Waals surface area contributed by atoms with Gasteiger partial charge in [-0.2, -0.15) is 0 Å². The Hall–Kier alpha value is -0.980. The third-order valence-corrected chi connectivity index (χ3v) is 3.96. The van der Waals surface area contributed by atoms with Crippen LogP contribution in [0.2, 0.25) is 5.02 Å². The Kier molecular flexibility index (Phi) is 5.46. The first kappa shape index (κ1) is 16.1. The molecular weight excluding hydrogens is 290 g/mol. The van der Waals surface area contributed by atoms with Gasteiger partial charge in [0.05, 0.1) is 20.0 Å². The Morgan fingerprint density at radius 3 is 2.21 bits per heavy atom. The molecule has 108 valence electrons. The fourth-order valence-corrected chi connectivity index (χ4v) is 3.01. The molecule has 0 saturated carbocycles. The van der Waals surface area contributed by atoms with E-state index in [1.807, 2.05) is 0 Å². The monoisotopic (exact) mass is 307 g/mol. The number of nitrogens with one attached hydrogen (secondary N) is 1. The number of rotatable bonds is 6. The molecule has 0 aromatic heterocycles. The van der Waals surface area contributed by atoms with E-state index in [2.05, 4.69) is 5.32 Å². The summed E-state index contributed by atoms with van der Waals surface area (Å²) in [5, 5.41) is 3.38. The molecule has 1 N–H and O–H groups in total. The second-order valence-corrected chi connectivity index (χ2v) is 6.75. The standard InChI is InChI=1S/C12H18ClNO4S/c1-14-10(7-19(4,15)16)8-5-11(17-2)12(18-3)6-9(8)13/h5-6,10,14H,7H2,1-4H3. The molecule has 1 unspecified atom stereocenters. The lowest BCUT2D eigenvalue weighted by Crippen LogP contribution is -2.25. The summed E-state index contributed by atoms with van der Waals surface area (Å²) < 4.78 is 33.2. The molecular formula is C12H18ClNO4S. The van der Waals surface area contributed by atoms with Gasteiger partial charge in [-0.3, -0.25) is 0 Å². The Bertz CT molecular complexity index is 545. The first-order valence-electron chi connectivity index (χ1n) is 5.58. The highest BCUT2D eigenvalue weighted by Gasteiger charge is 2.20. The Labute approximate surface area is 118 Å². The maximum atomic E-state index is 11.4. The Balaban J connectivity index is 3.24. The van der Waals surface area contributed by atoms with Crippen molar-refractivity contribution in [1.29, 1.82) is 0 Å². The summed E-state index contributed by atoms with van der Waals surface area (Å²) >= 11 is 6.17. The predicted octanol–water partition coefficient (Wildman–Crippen LogP) is 1.66. The average molecular weight is 308 g/mol. The highest BCUT2D eigenvalue weighted by Crippen LogP contribution is 2.36. The van der Waals surface area contributed by atoms with E-state index in [9.17, 15) is 8.42 Å². The van der Waals surface area contributed by atoms with Crippen molar-refractivity contribution in [3.8, 4) is 11.5 Å². The van der Waals surface area contributed by atoms with E-state index in [0.29, 0.717) is 22.1 Å². The topological polar surface area (TPSA) is 64.6 Å². The Morgan fingerprint density at radius 1 is 1.26 bits per heavy atom. The smallest absolute Gasteiger partial charge is 0.162 e. The molecule has 0 aliphatic heterocycles. The van der Waals surface area contributed by atoms with Crippen LogP contribution in [-0.4, -0.2) is 41.7 Å². The van der Waals surface area contributed by atoms with Crippen LogP contribution >= 0.6 is 11.6 Å². The van der Waals surface area contributed by atoms with Crippen LogP contribution in [0.1, 0.15) is 11.6 Å². The van der Waals surface area contributed by atoms with Gasteiger partial charge >= 0.3 is 0 Å². The molecule has 0 aliphatic carbocycles. The number of halogens is 1. The van der Waals surface area contributed by atoms with Crippen LogP contribution in [-0.2, 0) is 9.84 Å². The summed E-state index contributed by atoms with van der Waals surface area (Å²) in [6.45, 7) is 0. The highest BCUT2D eigenvalue weighted by atomic mass is 35.5. The number of hydrogen-bond acceptors (Lipinski definition) is 5. The van der Waals surface area contributed by atoms with E-state index < -0.39 is 15.9 Å². The number of sulfone groups is 1. The lowest BCUT2D eigenvalue weighted by molar-refractivity contribution is 0.354. The molecule has 1 atom stereocenters. The van der Waals surface area contributed by atoms with Crippen LogP contribution in [0.4, 0.5) is 0 Å². The minimum Gasteiger partial charge on any atom is -0.493 e. The molecule has 19 heavy (non-hydrogen) atoms. The van der Waals surface area contributed by atoms with E-state index >= 15 is 0 Å². The summed E-state index contributed by atoms with van der Waals surface area (Å²) in [6, 6.07) is 2.90. The van der Waals surface area contributed by atoms with E-state index in [4.69, 9.17) is 21.1 Å². The summed E-state index contributed by atoms with van der Waals surface area (Å²) in [6.07, 6.45) is 1.19. The minimum atomic E-state index is -3.13. The zero-order chi connectivity index (χ0) is 14.6. The highest BCUT2D eigenvalue weighted by molar-refractivity contribution is 7.90. The van der Waals surface area contributed by atoms with Crippen LogP contribution in [0.15, 0.2) is 12.1 Å². The third-order valence-electron chi connectivity index (χ3n) is 2.70. The maximum absolute atomic E-state index is 11.4. The van der Waals surface area contributed by atoms with E-state index in [-0.39, 0.29) is 5.75 Å². The Morgan fingerprint density at radius 2 is 1.79 bits per heavy atom. The van der Waals surface area contributed by atoms with Crippen LogP contribution in [0, 0.1) is 0 Å². The van der Waals surface area contributed by atoms with Gasteiger partial charge in [0.25, 0.3) is 0 Å². The number of methoxy groups -OCH3 is 2. The SMILES string of the molecule is CNC(CS(C)(=O)=O)c1cc(OC)c(OC)cc1Cl. The predicted molar refractivity (Wildman–Crippen MR) is 76.1 cm³/mol. The first-order valence-corrected chi connectivity index (χ1v) is 8.02. The largest absolute Gasteiger partial charge is 0.493 e. The zero-order valence-electron chi connectivity index (χ0n) is 11.4. The molecule has 0 saturated heterocycles. The molecule has 1 aromatic rings. The normalized spacial score (nSPS) is 13.1. The number of ether oxygens (including phenoxy) is 2.